The van der Waals surface area contributed by atoms with Crippen LogP contribution >= 0.6 is 11.3 Å². The Morgan fingerprint density at radius 3 is 2.76 bits per heavy atom. The number of Topliss-reactive ketones (excluding diaryl/α,β-unsaturated/α-hetero) is 1. The summed E-state index contributed by atoms with van der Waals surface area (Å²) in [5.74, 6) is 0.527. The van der Waals surface area contributed by atoms with Gasteiger partial charge in [-0.15, -0.1) is 11.3 Å². The fourth-order valence-electron chi connectivity index (χ4n) is 2.10. The van der Waals surface area contributed by atoms with Gasteiger partial charge in [0, 0.05) is 19.7 Å². The molecule has 0 saturated carbocycles. The summed E-state index contributed by atoms with van der Waals surface area (Å²) in [6.07, 6.45) is 1.77. The number of anilines is 2. The normalized spacial score (nSPS) is 10.4. The van der Waals surface area contributed by atoms with Crippen molar-refractivity contribution in [2.45, 2.75) is 20.4 Å². The minimum absolute atomic E-state index is 0.0454. The first-order valence-electron chi connectivity index (χ1n) is 6.70. The number of pyridine rings is 1. The Hall–Kier alpha value is -2.08. The first-order chi connectivity index (χ1) is 10.1. The van der Waals surface area contributed by atoms with Crippen LogP contribution in [0, 0.1) is 0 Å². The van der Waals surface area contributed by atoms with Crippen LogP contribution in [0.2, 0.25) is 0 Å². The Balaban J connectivity index is 2.38. The molecule has 0 aromatic carbocycles. The van der Waals surface area contributed by atoms with E-state index < -0.39 is 0 Å². The monoisotopic (exact) mass is 305 g/mol. The van der Waals surface area contributed by atoms with Crippen molar-refractivity contribution in [3.05, 3.63) is 35.0 Å². The molecule has 2 heterocycles. The molecular formula is C15H19N3O2S. The highest BCUT2D eigenvalue weighted by molar-refractivity contribution is 7.19. The van der Waals surface area contributed by atoms with E-state index in [4.69, 9.17) is 10.5 Å². The van der Waals surface area contributed by atoms with Gasteiger partial charge in [-0.1, -0.05) is 6.07 Å². The number of methoxy groups -OCH3 is 1. The van der Waals surface area contributed by atoms with Crippen molar-refractivity contribution in [2.24, 2.45) is 0 Å². The number of ether oxygens (including phenoxy) is 1. The minimum atomic E-state index is -0.0454. The van der Waals surface area contributed by atoms with E-state index in [2.05, 4.69) is 9.88 Å². The first kappa shape index (κ1) is 15.3. The average Bonchev–Trinajstić information content (AvgIpc) is 2.82. The van der Waals surface area contributed by atoms with Crippen molar-refractivity contribution in [1.29, 1.82) is 0 Å². The third kappa shape index (κ3) is 3.16. The minimum Gasteiger partial charge on any atom is -0.492 e. The van der Waals surface area contributed by atoms with Gasteiger partial charge in [-0.25, -0.2) is 0 Å². The molecule has 0 saturated heterocycles. The lowest BCUT2D eigenvalue weighted by Gasteiger charge is -2.21. The van der Waals surface area contributed by atoms with Crippen LogP contribution in [0.1, 0.15) is 29.2 Å². The molecule has 0 aliphatic heterocycles. The lowest BCUT2D eigenvalue weighted by atomic mass is 10.3. The van der Waals surface area contributed by atoms with Crippen LogP contribution in [0.3, 0.4) is 0 Å². The van der Waals surface area contributed by atoms with Crippen molar-refractivity contribution in [2.75, 3.05) is 24.3 Å². The molecule has 21 heavy (non-hydrogen) atoms. The zero-order chi connectivity index (χ0) is 15.4. The van der Waals surface area contributed by atoms with E-state index in [9.17, 15) is 4.79 Å². The van der Waals surface area contributed by atoms with Crippen LogP contribution in [-0.2, 0) is 6.54 Å². The number of nitrogens with two attached hydrogens (primary N) is 1. The molecule has 0 fully saturated rings. The summed E-state index contributed by atoms with van der Waals surface area (Å²) in [5, 5.41) is 0.869. The Morgan fingerprint density at radius 2 is 2.24 bits per heavy atom. The topological polar surface area (TPSA) is 68.5 Å². The summed E-state index contributed by atoms with van der Waals surface area (Å²) in [5.41, 5.74) is 7.40. The summed E-state index contributed by atoms with van der Waals surface area (Å²) in [4.78, 5) is 18.6. The average molecular weight is 305 g/mol. The summed E-state index contributed by atoms with van der Waals surface area (Å²) in [6.45, 7) is 4.97. The van der Waals surface area contributed by atoms with E-state index >= 15 is 0 Å². The van der Waals surface area contributed by atoms with E-state index in [0.717, 1.165) is 17.2 Å². The van der Waals surface area contributed by atoms with Gasteiger partial charge in [0.15, 0.2) is 11.5 Å². The summed E-state index contributed by atoms with van der Waals surface area (Å²) in [7, 11) is 1.57. The van der Waals surface area contributed by atoms with E-state index in [1.54, 1.807) is 13.3 Å². The Labute approximate surface area is 128 Å². The third-order valence-electron chi connectivity index (χ3n) is 3.15. The van der Waals surface area contributed by atoms with Gasteiger partial charge in [-0.2, -0.15) is 0 Å². The van der Waals surface area contributed by atoms with Gasteiger partial charge in [0.05, 0.1) is 29.9 Å². The fourth-order valence-corrected chi connectivity index (χ4v) is 3.25. The van der Waals surface area contributed by atoms with Gasteiger partial charge >= 0.3 is 0 Å². The maximum atomic E-state index is 11.7. The fraction of sp³-hybridized carbons (Fsp3) is 0.333. The van der Waals surface area contributed by atoms with E-state index in [0.29, 0.717) is 22.9 Å². The van der Waals surface area contributed by atoms with E-state index in [-0.39, 0.29) is 5.78 Å². The van der Waals surface area contributed by atoms with Crippen LogP contribution in [-0.4, -0.2) is 24.4 Å². The lowest BCUT2D eigenvalue weighted by Crippen LogP contribution is -2.22. The second-order valence-corrected chi connectivity index (χ2v) is 5.57. The molecule has 0 aliphatic rings. The number of nitrogens with zero attached hydrogens (tertiary/aromatic N) is 2. The molecule has 2 N–H and O–H groups in total. The summed E-state index contributed by atoms with van der Waals surface area (Å²) < 4.78 is 5.40. The second kappa shape index (κ2) is 6.58. The third-order valence-corrected chi connectivity index (χ3v) is 4.50. The zero-order valence-electron chi connectivity index (χ0n) is 12.4. The molecule has 0 unspecified atom stereocenters. The highest BCUT2D eigenvalue weighted by atomic mass is 32.1. The Morgan fingerprint density at radius 1 is 1.48 bits per heavy atom. The quantitative estimate of drug-likeness (QED) is 0.831. The predicted octanol–water partition coefficient (Wildman–Crippen LogP) is 2.96. The second-order valence-electron chi connectivity index (χ2n) is 4.57. The summed E-state index contributed by atoms with van der Waals surface area (Å²) in [6, 6.07) is 5.81. The number of carbonyl (C=O) groups is 1. The Bertz CT molecular complexity index is 625. The molecule has 0 spiro atoms. The molecular weight excluding hydrogens is 286 g/mol. The number of hydrogen-bond donors (Lipinski definition) is 1. The van der Waals surface area contributed by atoms with E-state index in [1.165, 1.54) is 18.3 Å². The molecule has 2 rings (SSSR count). The molecule has 112 valence electrons. The van der Waals surface area contributed by atoms with Crippen LogP contribution in [0.4, 0.5) is 10.7 Å². The molecule has 0 bridgehead atoms. The van der Waals surface area contributed by atoms with Crippen molar-refractivity contribution < 1.29 is 9.53 Å². The number of rotatable bonds is 6. The highest BCUT2D eigenvalue weighted by Gasteiger charge is 2.23. The number of hydrogen-bond acceptors (Lipinski definition) is 6. The molecule has 5 nitrogen and oxygen atoms in total. The molecule has 2 aromatic heterocycles. The van der Waals surface area contributed by atoms with Gasteiger partial charge in [-0.05, 0) is 19.1 Å². The zero-order valence-corrected chi connectivity index (χ0v) is 13.2. The largest absolute Gasteiger partial charge is 0.492 e. The highest BCUT2D eigenvalue weighted by Crippen LogP contribution is 2.45. The number of nitrogen functional groups attached to an aromatic ring is 1. The molecule has 6 heteroatoms. The lowest BCUT2D eigenvalue weighted by molar-refractivity contribution is 0.102. The molecule has 2 aromatic rings. The smallest absolute Gasteiger partial charge is 0.177 e. The van der Waals surface area contributed by atoms with Crippen LogP contribution < -0.4 is 15.4 Å². The molecule has 0 atom stereocenters. The van der Waals surface area contributed by atoms with Crippen molar-refractivity contribution in [1.82, 2.24) is 4.98 Å². The number of aromatic nitrogens is 1. The maximum absolute atomic E-state index is 11.7. The molecule has 0 radical (unpaired) electrons. The van der Waals surface area contributed by atoms with Gasteiger partial charge in [0.1, 0.15) is 5.00 Å². The van der Waals surface area contributed by atoms with E-state index in [1.807, 2.05) is 25.1 Å². The van der Waals surface area contributed by atoms with Gasteiger partial charge in [0.25, 0.3) is 0 Å². The van der Waals surface area contributed by atoms with Gasteiger partial charge < -0.3 is 15.4 Å². The van der Waals surface area contributed by atoms with Crippen LogP contribution in [0.5, 0.6) is 5.75 Å². The number of thiophene rings is 1. The maximum Gasteiger partial charge on any atom is 0.177 e. The van der Waals surface area contributed by atoms with Crippen LogP contribution in [0.25, 0.3) is 0 Å². The predicted molar refractivity (Wildman–Crippen MR) is 86.2 cm³/mol. The van der Waals surface area contributed by atoms with Crippen molar-refractivity contribution in [3.63, 3.8) is 0 Å². The first-order valence-corrected chi connectivity index (χ1v) is 7.52. The van der Waals surface area contributed by atoms with Crippen molar-refractivity contribution in [3.8, 4) is 5.75 Å². The number of carbonyl (C=O) groups excluding carboxylic acids is 1. The van der Waals surface area contributed by atoms with Crippen molar-refractivity contribution >= 4 is 27.8 Å². The Kier molecular flexibility index (Phi) is 4.80. The van der Waals surface area contributed by atoms with Gasteiger partial charge in [-0.3, -0.25) is 9.78 Å². The standard InChI is InChI=1S/C15H19N3O2S/c1-4-18(9-11-7-5-6-8-17-11)15-13(20-3)12(16)14(21-15)10(2)19/h5-8H,4,9,16H2,1-3H3. The SMILES string of the molecule is CCN(Cc1ccccn1)c1sc(C(C)=O)c(N)c1OC. The van der Waals surface area contributed by atoms with Gasteiger partial charge in [0.2, 0.25) is 0 Å². The summed E-state index contributed by atoms with van der Waals surface area (Å²) >= 11 is 1.37. The molecule has 0 aliphatic carbocycles. The number of ketones is 1. The molecule has 0 amide bonds. The van der Waals surface area contributed by atoms with Crippen LogP contribution in [0.15, 0.2) is 24.4 Å².